The summed E-state index contributed by atoms with van der Waals surface area (Å²) in [7, 11) is 0. The van der Waals surface area contributed by atoms with Gasteiger partial charge in [-0.3, -0.25) is 9.69 Å². The summed E-state index contributed by atoms with van der Waals surface area (Å²) in [6, 6.07) is 4.84. The number of anilines is 1. The highest BCUT2D eigenvalue weighted by molar-refractivity contribution is 5.91. The molecule has 8 heteroatoms. The predicted octanol–water partition coefficient (Wildman–Crippen LogP) is 2.01. The van der Waals surface area contributed by atoms with Crippen LogP contribution >= 0.6 is 0 Å². The molecule has 1 fully saturated rings. The molecule has 2 atom stereocenters. The fraction of sp³-hybridized carbons (Fsp3) is 0.375. The van der Waals surface area contributed by atoms with Gasteiger partial charge in [0.05, 0.1) is 12.6 Å². The Morgan fingerprint density at radius 1 is 1.42 bits per heavy atom. The molecular formula is C16H17F2N3O3. The van der Waals surface area contributed by atoms with Gasteiger partial charge >= 0.3 is 0 Å². The third-order valence-corrected chi connectivity index (χ3v) is 3.95. The van der Waals surface area contributed by atoms with E-state index in [1.807, 2.05) is 0 Å². The van der Waals surface area contributed by atoms with Crippen LogP contribution in [0, 0.1) is 18.6 Å². The monoisotopic (exact) mass is 337 g/mol. The molecule has 3 rings (SSSR count). The van der Waals surface area contributed by atoms with Gasteiger partial charge in [-0.15, -0.1) is 0 Å². The number of rotatable bonds is 4. The second kappa shape index (κ2) is 6.66. The van der Waals surface area contributed by atoms with Crippen LogP contribution < -0.4 is 5.32 Å². The number of nitrogens with one attached hydrogen (secondary N) is 1. The highest BCUT2D eigenvalue weighted by atomic mass is 19.2. The van der Waals surface area contributed by atoms with Gasteiger partial charge in [-0.1, -0.05) is 11.2 Å². The Kier molecular flexibility index (Phi) is 4.59. The topological polar surface area (TPSA) is 78.6 Å². The van der Waals surface area contributed by atoms with E-state index < -0.39 is 17.7 Å². The zero-order valence-corrected chi connectivity index (χ0v) is 13.0. The Morgan fingerprint density at radius 3 is 2.88 bits per heavy atom. The number of amides is 1. The zero-order valence-electron chi connectivity index (χ0n) is 13.0. The Hall–Kier alpha value is -2.32. The van der Waals surface area contributed by atoms with Crippen LogP contribution in [0.1, 0.15) is 23.8 Å². The maximum atomic E-state index is 13.5. The molecule has 2 heterocycles. The second-order valence-electron chi connectivity index (χ2n) is 5.88. The number of carbonyl (C=O) groups excluding carboxylic acids is 1. The highest BCUT2D eigenvalue weighted by Crippen LogP contribution is 2.32. The lowest BCUT2D eigenvalue weighted by atomic mass is 10.0. The maximum Gasteiger partial charge on any atom is 0.239 e. The van der Waals surface area contributed by atoms with E-state index in [9.17, 15) is 18.7 Å². The predicted molar refractivity (Wildman–Crippen MR) is 81.2 cm³/mol. The average Bonchev–Trinajstić information content (AvgIpc) is 3.08. The highest BCUT2D eigenvalue weighted by Gasteiger charge is 2.33. The van der Waals surface area contributed by atoms with Crippen molar-refractivity contribution in [1.29, 1.82) is 0 Å². The molecule has 0 spiro atoms. The van der Waals surface area contributed by atoms with E-state index in [0.29, 0.717) is 23.6 Å². The van der Waals surface area contributed by atoms with Crippen molar-refractivity contribution < 1.29 is 23.2 Å². The van der Waals surface area contributed by atoms with Gasteiger partial charge in [-0.05, 0) is 31.0 Å². The summed E-state index contributed by atoms with van der Waals surface area (Å²) in [5.74, 6) is -1.33. The molecule has 2 aromatic rings. The van der Waals surface area contributed by atoms with Crippen LogP contribution in [-0.2, 0) is 4.79 Å². The largest absolute Gasteiger partial charge is 0.392 e. The number of aliphatic hydroxyl groups excluding tert-OH is 1. The number of aliphatic hydroxyl groups is 1. The number of carbonyl (C=O) groups is 1. The number of β-amino-alcohol motifs (C(OH)–C–C–N with tert-alkyl or cyclic N) is 1. The van der Waals surface area contributed by atoms with Gasteiger partial charge in [-0.2, -0.15) is 0 Å². The number of hydrogen-bond acceptors (Lipinski definition) is 5. The van der Waals surface area contributed by atoms with E-state index in [0.717, 1.165) is 12.1 Å². The fourth-order valence-electron chi connectivity index (χ4n) is 2.91. The summed E-state index contributed by atoms with van der Waals surface area (Å²) in [5.41, 5.74) is 0.524. The molecule has 1 aliphatic heterocycles. The SMILES string of the molecule is Cc1cc(NC(=O)CN2C[C@H](O)C[C@@H]2c2ccc(F)c(F)c2)no1. The Labute approximate surface area is 137 Å². The van der Waals surface area contributed by atoms with Gasteiger partial charge in [-0.25, -0.2) is 8.78 Å². The Bertz CT molecular complexity index is 750. The van der Waals surface area contributed by atoms with Crippen molar-refractivity contribution in [2.45, 2.75) is 25.5 Å². The first-order chi connectivity index (χ1) is 11.4. The number of hydrogen-bond donors (Lipinski definition) is 2. The molecule has 0 aliphatic carbocycles. The molecule has 1 aliphatic rings. The molecule has 0 saturated carbocycles. The van der Waals surface area contributed by atoms with Gasteiger partial charge in [0, 0.05) is 18.7 Å². The van der Waals surface area contributed by atoms with Gasteiger partial charge in [0.25, 0.3) is 0 Å². The zero-order chi connectivity index (χ0) is 17.3. The first-order valence-corrected chi connectivity index (χ1v) is 7.52. The van der Waals surface area contributed by atoms with E-state index >= 15 is 0 Å². The number of likely N-dealkylation sites (tertiary alicyclic amines) is 1. The Balaban J connectivity index is 1.70. The molecule has 1 amide bonds. The molecular weight excluding hydrogens is 320 g/mol. The minimum absolute atomic E-state index is 0.00731. The van der Waals surface area contributed by atoms with Crippen molar-refractivity contribution in [2.75, 3.05) is 18.4 Å². The lowest BCUT2D eigenvalue weighted by Crippen LogP contribution is -2.34. The van der Waals surface area contributed by atoms with E-state index in [2.05, 4.69) is 10.5 Å². The quantitative estimate of drug-likeness (QED) is 0.892. The molecule has 0 unspecified atom stereocenters. The van der Waals surface area contributed by atoms with Gasteiger partial charge in [0.2, 0.25) is 5.91 Å². The lowest BCUT2D eigenvalue weighted by molar-refractivity contribution is -0.117. The number of halogens is 2. The summed E-state index contributed by atoms with van der Waals surface area (Å²) in [6.07, 6.45) is -0.285. The summed E-state index contributed by atoms with van der Waals surface area (Å²) >= 11 is 0. The molecule has 1 aromatic carbocycles. The standard InChI is InChI=1S/C16H17F2N3O3/c1-9-4-15(20-24-9)19-16(23)8-21-7-11(22)6-14(21)10-2-3-12(17)13(18)5-10/h2-5,11,14,22H,6-8H2,1H3,(H,19,20,23)/t11-,14-/m1/s1. The minimum atomic E-state index is -0.948. The van der Waals surface area contributed by atoms with Gasteiger partial charge in [0.1, 0.15) is 5.76 Å². The van der Waals surface area contributed by atoms with Crippen molar-refractivity contribution in [3.05, 3.63) is 47.2 Å². The number of aromatic nitrogens is 1. The molecule has 1 saturated heterocycles. The number of benzene rings is 1. The van der Waals surface area contributed by atoms with Crippen LogP contribution in [0.25, 0.3) is 0 Å². The first-order valence-electron chi connectivity index (χ1n) is 7.52. The van der Waals surface area contributed by atoms with E-state index in [1.165, 1.54) is 6.07 Å². The van der Waals surface area contributed by atoms with Crippen molar-refractivity contribution in [2.24, 2.45) is 0 Å². The number of aryl methyl sites for hydroxylation is 1. The molecule has 2 N–H and O–H groups in total. The van der Waals surface area contributed by atoms with Gasteiger partial charge < -0.3 is 14.9 Å². The summed E-state index contributed by atoms with van der Waals surface area (Å²) in [4.78, 5) is 13.9. The summed E-state index contributed by atoms with van der Waals surface area (Å²) in [6.45, 7) is 1.97. The third-order valence-electron chi connectivity index (χ3n) is 3.95. The third kappa shape index (κ3) is 3.60. The van der Waals surface area contributed by atoms with Gasteiger partial charge in [0.15, 0.2) is 17.5 Å². The van der Waals surface area contributed by atoms with Crippen LogP contribution in [0.2, 0.25) is 0 Å². The van der Waals surface area contributed by atoms with Crippen LogP contribution in [0.3, 0.4) is 0 Å². The normalized spacial score (nSPS) is 21.2. The maximum absolute atomic E-state index is 13.5. The average molecular weight is 337 g/mol. The molecule has 1 aromatic heterocycles. The molecule has 0 bridgehead atoms. The fourth-order valence-corrected chi connectivity index (χ4v) is 2.91. The van der Waals surface area contributed by atoms with Crippen molar-refractivity contribution in [3.8, 4) is 0 Å². The van der Waals surface area contributed by atoms with Crippen LogP contribution in [-0.4, -0.2) is 40.3 Å². The summed E-state index contributed by atoms with van der Waals surface area (Å²) < 4.78 is 31.4. The van der Waals surface area contributed by atoms with Crippen LogP contribution in [0.15, 0.2) is 28.8 Å². The smallest absolute Gasteiger partial charge is 0.239 e. The van der Waals surface area contributed by atoms with E-state index in [4.69, 9.17) is 4.52 Å². The first kappa shape index (κ1) is 16.5. The Morgan fingerprint density at radius 2 is 2.21 bits per heavy atom. The summed E-state index contributed by atoms with van der Waals surface area (Å²) in [5, 5.41) is 16.2. The van der Waals surface area contributed by atoms with Crippen molar-refractivity contribution >= 4 is 11.7 Å². The molecule has 0 radical (unpaired) electrons. The molecule has 6 nitrogen and oxygen atoms in total. The second-order valence-corrected chi connectivity index (χ2v) is 5.88. The van der Waals surface area contributed by atoms with Crippen LogP contribution in [0.4, 0.5) is 14.6 Å². The lowest BCUT2D eigenvalue weighted by Gasteiger charge is -2.23. The molecule has 24 heavy (non-hydrogen) atoms. The van der Waals surface area contributed by atoms with Crippen molar-refractivity contribution in [1.82, 2.24) is 10.1 Å². The van der Waals surface area contributed by atoms with E-state index in [1.54, 1.807) is 17.9 Å². The van der Waals surface area contributed by atoms with E-state index in [-0.39, 0.29) is 25.0 Å². The number of nitrogens with zero attached hydrogens (tertiary/aromatic N) is 2. The van der Waals surface area contributed by atoms with Crippen molar-refractivity contribution in [3.63, 3.8) is 0 Å². The molecule has 128 valence electrons. The van der Waals surface area contributed by atoms with Crippen LogP contribution in [0.5, 0.6) is 0 Å². The minimum Gasteiger partial charge on any atom is -0.392 e.